The normalized spacial score (nSPS) is 15.4. The van der Waals surface area contributed by atoms with Crippen molar-refractivity contribution in [1.82, 2.24) is 10.0 Å². The van der Waals surface area contributed by atoms with Gasteiger partial charge in [-0.2, -0.15) is 0 Å². The monoisotopic (exact) mass is 310 g/mol. The van der Waals surface area contributed by atoms with Crippen molar-refractivity contribution in [3.05, 3.63) is 0 Å². The first kappa shape index (κ1) is 18.8. The summed E-state index contributed by atoms with van der Waals surface area (Å²) in [6.45, 7) is 4.84. The second-order valence-electron chi connectivity index (χ2n) is 5.50. The number of methoxy groups -OCH3 is 1. The number of nitrogens with one attached hydrogen (secondary N) is 2. The molecule has 0 saturated heterocycles. The molecule has 0 aromatic carbocycles. The van der Waals surface area contributed by atoms with Gasteiger partial charge >= 0.3 is 5.97 Å². The Balaban J connectivity index is 4.86. The number of ether oxygens (including phenoxy) is 1. The molecule has 0 rings (SSSR count). The molecule has 0 aliphatic heterocycles. The van der Waals surface area contributed by atoms with Gasteiger partial charge in [0.1, 0.15) is 6.04 Å². The fraction of sp³-hybridized carbons (Fsp3) is 0.818. The molecule has 8 nitrogen and oxygen atoms in total. The second-order valence-corrected chi connectivity index (χ2v) is 7.28. The van der Waals surface area contributed by atoms with Crippen LogP contribution in [0.3, 0.4) is 0 Å². The van der Waals surface area contributed by atoms with Crippen LogP contribution in [0.15, 0.2) is 0 Å². The third kappa shape index (κ3) is 6.83. The summed E-state index contributed by atoms with van der Waals surface area (Å²) in [6, 6.07) is -1.01. The molecule has 0 aliphatic carbocycles. The van der Waals surface area contributed by atoms with Gasteiger partial charge in [-0.25, -0.2) is 17.9 Å². The fourth-order valence-corrected chi connectivity index (χ4v) is 2.29. The Morgan fingerprint density at radius 3 is 2.10 bits per heavy atom. The van der Waals surface area contributed by atoms with Crippen LogP contribution in [-0.2, 0) is 24.3 Å². The summed E-state index contributed by atoms with van der Waals surface area (Å²) in [5, 5.41) is 11.2. The fourth-order valence-electron chi connectivity index (χ4n) is 1.40. The van der Waals surface area contributed by atoms with Gasteiger partial charge in [0, 0.05) is 7.11 Å². The van der Waals surface area contributed by atoms with Crippen LogP contribution in [0.25, 0.3) is 0 Å². The van der Waals surface area contributed by atoms with E-state index in [0.29, 0.717) is 0 Å². The highest BCUT2D eigenvalue weighted by Crippen LogP contribution is 2.20. The van der Waals surface area contributed by atoms with E-state index < -0.39 is 39.5 Å². The topological polar surface area (TPSA) is 122 Å². The van der Waals surface area contributed by atoms with Crippen molar-refractivity contribution in [3.8, 4) is 0 Å². The number of hydrogen-bond acceptors (Lipinski definition) is 5. The van der Waals surface area contributed by atoms with Gasteiger partial charge in [0.2, 0.25) is 15.9 Å². The molecule has 0 saturated carbocycles. The largest absolute Gasteiger partial charge is 0.479 e. The van der Waals surface area contributed by atoms with Crippen LogP contribution in [-0.4, -0.2) is 57.5 Å². The third-order valence-electron chi connectivity index (χ3n) is 2.48. The Bertz CT molecular complexity index is 454. The van der Waals surface area contributed by atoms with E-state index in [4.69, 9.17) is 5.11 Å². The van der Waals surface area contributed by atoms with Crippen LogP contribution in [0, 0.1) is 5.41 Å². The van der Waals surface area contributed by atoms with E-state index in [1.54, 1.807) is 20.8 Å². The summed E-state index contributed by atoms with van der Waals surface area (Å²) in [4.78, 5) is 22.8. The van der Waals surface area contributed by atoms with Crippen LogP contribution < -0.4 is 10.0 Å². The van der Waals surface area contributed by atoms with Gasteiger partial charge in [-0.1, -0.05) is 20.8 Å². The van der Waals surface area contributed by atoms with Crippen LogP contribution in [0.2, 0.25) is 0 Å². The van der Waals surface area contributed by atoms with Crippen molar-refractivity contribution in [2.45, 2.75) is 32.9 Å². The van der Waals surface area contributed by atoms with E-state index in [9.17, 15) is 18.0 Å². The molecule has 0 bridgehead atoms. The van der Waals surface area contributed by atoms with Crippen LogP contribution >= 0.6 is 0 Å². The highest BCUT2D eigenvalue weighted by Gasteiger charge is 2.34. The van der Waals surface area contributed by atoms with Crippen LogP contribution in [0.4, 0.5) is 0 Å². The second kappa shape index (κ2) is 7.00. The predicted octanol–water partition coefficient (Wildman–Crippen LogP) is -0.834. The van der Waals surface area contributed by atoms with Gasteiger partial charge in [0.05, 0.1) is 12.8 Å². The van der Waals surface area contributed by atoms with Crippen LogP contribution in [0.5, 0.6) is 0 Å². The highest BCUT2D eigenvalue weighted by molar-refractivity contribution is 7.88. The minimum absolute atomic E-state index is 0.247. The maximum absolute atomic E-state index is 12.0. The molecular formula is C11H22N2O6S. The van der Waals surface area contributed by atoms with E-state index in [0.717, 1.165) is 6.26 Å². The van der Waals surface area contributed by atoms with E-state index in [1.165, 1.54) is 7.11 Å². The van der Waals surface area contributed by atoms with E-state index >= 15 is 0 Å². The Kier molecular flexibility index (Phi) is 6.59. The number of carboxylic acid groups (broad SMARTS) is 1. The molecule has 0 radical (unpaired) electrons. The lowest BCUT2D eigenvalue weighted by atomic mass is 9.87. The lowest BCUT2D eigenvalue weighted by Gasteiger charge is -2.29. The average molecular weight is 310 g/mol. The van der Waals surface area contributed by atoms with Gasteiger partial charge in [-0.05, 0) is 5.41 Å². The lowest BCUT2D eigenvalue weighted by Crippen LogP contribution is -2.54. The molecule has 0 spiro atoms. The quantitative estimate of drug-likeness (QED) is 0.564. The number of aliphatic carboxylic acids is 1. The number of rotatable bonds is 7. The maximum Gasteiger partial charge on any atom is 0.334 e. The minimum Gasteiger partial charge on any atom is -0.479 e. The molecule has 0 aliphatic rings. The van der Waals surface area contributed by atoms with Crippen molar-refractivity contribution in [3.63, 3.8) is 0 Å². The molecule has 20 heavy (non-hydrogen) atoms. The maximum atomic E-state index is 12.0. The number of amides is 1. The molecule has 2 atom stereocenters. The Hall–Kier alpha value is -1.19. The van der Waals surface area contributed by atoms with Gasteiger partial charge in [-0.15, -0.1) is 0 Å². The summed E-state index contributed by atoms with van der Waals surface area (Å²) in [6.07, 6.45) is -0.230. The zero-order chi connectivity index (χ0) is 16.1. The van der Waals surface area contributed by atoms with Crippen molar-refractivity contribution in [2.24, 2.45) is 5.41 Å². The molecular weight excluding hydrogens is 288 g/mol. The average Bonchev–Trinajstić information content (AvgIpc) is 2.23. The number of sulfonamides is 1. The van der Waals surface area contributed by atoms with E-state index in [-0.39, 0.29) is 6.54 Å². The molecule has 2 unspecified atom stereocenters. The predicted molar refractivity (Wildman–Crippen MR) is 72.7 cm³/mol. The number of carboxylic acids is 1. The SMILES string of the molecule is COC(CNC(=O)C(NS(C)(=O)=O)C(C)(C)C)C(=O)O. The summed E-state index contributed by atoms with van der Waals surface area (Å²) < 4.78 is 29.5. The first-order valence-corrected chi connectivity index (χ1v) is 7.78. The lowest BCUT2D eigenvalue weighted by molar-refractivity contribution is -0.148. The number of carbonyl (C=O) groups is 2. The Morgan fingerprint density at radius 2 is 1.80 bits per heavy atom. The molecule has 3 N–H and O–H groups in total. The molecule has 9 heteroatoms. The first-order chi connectivity index (χ1) is 8.88. The summed E-state index contributed by atoms with van der Waals surface area (Å²) in [7, 11) is -2.36. The smallest absolute Gasteiger partial charge is 0.334 e. The molecule has 0 aromatic rings. The molecule has 1 amide bonds. The van der Waals surface area contributed by atoms with Crippen molar-refractivity contribution >= 4 is 21.9 Å². The van der Waals surface area contributed by atoms with Gasteiger partial charge in [0.15, 0.2) is 6.10 Å². The van der Waals surface area contributed by atoms with Gasteiger partial charge in [-0.3, -0.25) is 4.79 Å². The van der Waals surface area contributed by atoms with Crippen molar-refractivity contribution < 1.29 is 27.9 Å². The zero-order valence-corrected chi connectivity index (χ0v) is 13.1. The Labute approximate surface area is 118 Å². The van der Waals surface area contributed by atoms with Gasteiger partial charge in [0.25, 0.3) is 0 Å². The van der Waals surface area contributed by atoms with Crippen molar-refractivity contribution in [2.75, 3.05) is 19.9 Å². The first-order valence-electron chi connectivity index (χ1n) is 5.89. The number of carbonyl (C=O) groups excluding carboxylic acids is 1. The summed E-state index contributed by atoms with van der Waals surface area (Å²) >= 11 is 0. The van der Waals surface area contributed by atoms with Crippen molar-refractivity contribution in [1.29, 1.82) is 0 Å². The molecule has 0 fully saturated rings. The zero-order valence-electron chi connectivity index (χ0n) is 12.3. The summed E-state index contributed by atoms with van der Waals surface area (Å²) in [5.74, 6) is -1.82. The van der Waals surface area contributed by atoms with E-state index in [1.807, 2.05) is 0 Å². The highest BCUT2D eigenvalue weighted by atomic mass is 32.2. The summed E-state index contributed by atoms with van der Waals surface area (Å²) in [5.41, 5.74) is -0.668. The molecule has 0 aromatic heterocycles. The number of hydrogen-bond donors (Lipinski definition) is 3. The van der Waals surface area contributed by atoms with Gasteiger partial charge < -0.3 is 15.2 Å². The van der Waals surface area contributed by atoms with E-state index in [2.05, 4.69) is 14.8 Å². The Morgan fingerprint density at radius 1 is 1.30 bits per heavy atom. The minimum atomic E-state index is -3.57. The standard InChI is InChI=1S/C11H22N2O6S/c1-11(2,3)8(13-20(5,17)18)9(14)12-6-7(19-4)10(15)16/h7-8,13H,6H2,1-5H3,(H,12,14)(H,15,16). The van der Waals surface area contributed by atoms with Crippen LogP contribution in [0.1, 0.15) is 20.8 Å². The molecule has 0 heterocycles. The third-order valence-corrected chi connectivity index (χ3v) is 3.15. The molecule has 118 valence electrons.